The average molecular weight is 194 g/mol. The number of carbonyl (C=O) groups is 1. The van der Waals surface area contributed by atoms with Gasteiger partial charge in [0.15, 0.2) is 0 Å². The van der Waals surface area contributed by atoms with E-state index in [9.17, 15) is 4.79 Å². The Kier molecular flexibility index (Phi) is 3.45. The lowest BCUT2D eigenvalue weighted by Crippen LogP contribution is -2.18. The Morgan fingerprint density at radius 1 is 1.57 bits per heavy atom. The lowest BCUT2D eigenvalue weighted by molar-refractivity contribution is -0.118. The molecule has 0 spiro atoms. The summed E-state index contributed by atoms with van der Waals surface area (Å²) < 4.78 is 5.01. The molecule has 1 aromatic rings. The highest BCUT2D eigenvalue weighted by atomic mass is 16.5. The normalized spacial score (nSPS) is 10.0. The third-order valence-electron chi connectivity index (χ3n) is 1.74. The number of rotatable bonds is 3. The van der Waals surface area contributed by atoms with Crippen molar-refractivity contribution >= 4 is 11.7 Å². The van der Waals surface area contributed by atoms with Crippen LogP contribution in [0.25, 0.3) is 0 Å². The molecule has 0 unspecified atom stereocenters. The molecule has 0 radical (unpaired) electrons. The van der Waals surface area contributed by atoms with Crippen molar-refractivity contribution in [2.75, 3.05) is 12.4 Å². The minimum atomic E-state index is -0.0528. The van der Waals surface area contributed by atoms with Crippen LogP contribution in [0, 0.1) is 5.92 Å². The van der Waals surface area contributed by atoms with Crippen LogP contribution in [0.3, 0.4) is 0 Å². The van der Waals surface area contributed by atoms with Gasteiger partial charge >= 0.3 is 0 Å². The van der Waals surface area contributed by atoms with Gasteiger partial charge in [-0.05, 0) is 6.07 Å². The largest absolute Gasteiger partial charge is 0.497 e. The van der Waals surface area contributed by atoms with Gasteiger partial charge in [0.25, 0.3) is 0 Å². The summed E-state index contributed by atoms with van der Waals surface area (Å²) >= 11 is 0. The monoisotopic (exact) mass is 194 g/mol. The molecule has 4 nitrogen and oxygen atoms in total. The molecule has 0 aliphatic heterocycles. The third kappa shape index (κ3) is 2.73. The molecule has 4 heteroatoms. The third-order valence-corrected chi connectivity index (χ3v) is 1.74. The molecule has 14 heavy (non-hydrogen) atoms. The number of amides is 1. The first kappa shape index (κ1) is 10.5. The smallest absolute Gasteiger partial charge is 0.228 e. The summed E-state index contributed by atoms with van der Waals surface area (Å²) in [6, 6.07) is 3.41. The van der Waals surface area contributed by atoms with E-state index in [2.05, 4.69) is 10.3 Å². The fourth-order valence-corrected chi connectivity index (χ4v) is 0.877. The van der Waals surface area contributed by atoms with Gasteiger partial charge < -0.3 is 10.1 Å². The molecular weight excluding hydrogens is 180 g/mol. The molecular formula is C10H14N2O2. The summed E-state index contributed by atoms with van der Waals surface area (Å²) in [7, 11) is 1.57. The number of nitrogens with one attached hydrogen (secondary N) is 1. The number of aromatic nitrogens is 1. The second kappa shape index (κ2) is 4.60. The fraction of sp³-hybridized carbons (Fsp3) is 0.400. The van der Waals surface area contributed by atoms with Gasteiger partial charge in [-0.25, -0.2) is 4.98 Å². The van der Waals surface area contributed by atoms with E-state index in [0.29, 0.717) is 11.6 Å². The standard InChI is InChI=1S/C10H14N2O2/c1-7(2)10(13)12-9-6-8(14-3)4-5-11-9/h4-7H,1-3H3,(H,11,12,13). The van der Waals surface area contributed by atoms with Crippen molar-refractivity contribution in [1.29, 1.82) is 0 Å². The Labute approximate surface area is 83.3 Å². The zero-order valence-electron chi connectivity index (χ0n) is 8.57. The van der Waals surface area contributed by atoms with E-state index < -0.39 is 0 Å². The van der Waals surface area contributed by atoms with Crippen LogP contribution in [0.1, 0.15) is 13.8 Å². The topological polar surface area (TPSA) is 51.2 Å². The first-order chi connectivity index (χ1) is 6.63. The molecule has 76 valence electrons. The molecule has 1 heterocycles. The zero-order valence-corrected chi connectivity index (χ0v) is 8.57. The predicted molar refractivity (Wildman–Crippen MR) is 54.3 cm³/mol. The Bertz CT molecular complexity index is 324. The molecule has 0 saturated heterocycles. The molecule has 1 rings (SSSR count). The number of hydrogen-bond acceptors (Lipinski definition) is 3. The van der Waals surface area contributed by atoms with E-state index in [0.717, 1.165) is 0 Å². The van der Waals surface area contributed by atoms with E-state index in [1.54, 1.807) is 25.4 Å². The summed E-state index contributed by atoms with van der Waals surface area (Å²) in [5.41, 5.74) is 0. The van der Waals surface area contributed by atoms with Crippen LogP contribution in [0.15, 0.2) is 18.3 Å². The lowest BCUT2D eigenvalue weighted by Gasteiger charge is -2.07. The zero-order chi connectivity index (χ0) is 10.6. The van der Waals surface area contributed by atoms with Gasteiger partial charge in [0.2, 0.25) is 5.91 Å². The first-order valence-electron chi connectivity index (χ1n) is 4.44. The number of methoxy groups -OCH3 is 1. The molecule has 1 N–H and O–H groups in total. The van der Waals surface area contributed by atoms with Crippen molar-refractivity contribution in [3.63, 3.8) is 0 Å². The SMILES string of the molecule is COc1ccnc(NC(=O)C(C)C)c1. The van der Waals surface area contributed by atoms with Crippen LogP contribution in [-0.2, 0) is 4.79 Å². The Morgan fingerprint density at radius 3 is 2.86 bits per heavy atom. The lowest BCUT2D eigenvalue weighted by atomic mass is 10.2. The highest BCUT2D eigenvalue weighted by Crippen LogP contribution is 2.14. The second-order valence-corrected chi connectivity index (χ2v) is 3.22. The van der Waals surface area contributed by atoms with Crippen molar-refractivity contribution in [3.05, 3.63) is 18.3 Å². The van der Waals surface area contributed by atoms with Gasteiger partial charge in [-0.3, -0.25) is 4.79 Å². The molecule has 1 aromatic heterocycles. The van der Waals surface area contributed by atoms with E-state index in [1.165, 1.54) is 0 Å². The molecule has 0 fully saturated rings. The quantitative estimate of drug-likeness (QED) is 0.796. The van der Waals surface area contributed by atoms with Crippen molar-refractivity contribution in [2.24, 2.45) is 5.92 Å². The van der Waals surface area contributed by atoms with E-state index in [-0.39, 0.29) is 11.8 Å². The van der Waals surface area contributed by atoms with Crippen LogP contribution in [-0.4, -0.2) is 18.0 Å². The minimum absolute atomic E-state index is 0.0502. The van der Waals surface area contributed by atoms with Crippen molar-refractivity contribution in [3.8, 4) is 5.75 Å². The van der Waals surface area contributed by atoms with Crippen LogP contribution < -0.4 is 10.1 Å². The van der Waals surface area contributed by atoms with Gasteiger partial charge in [-0.1, -0.05) is 13.8 Å². The molecule has 0 atom stereocenters. The number of hydrogen-bond donors (Lipinski definition) is 1. The maximum atomic E-state index is 11.3. The van der Waals surface area contributed by atoms with Crippen LogP contribution >= 0.6 is 0 Å². The van der Waals surface area contributed by atoms with Gasteiger partial charge in [0.05, 0.1) is 7.11 Å². The predicted octanol–water partition coefficient (Wildman–Crippen LogP) is 1.68. The highest BCUT2D eigenvalue weighted by Gasteiger charge is 2.07. The van der Waals surface area contributed by atoms with Gasteiger partial charge in [0, 0.05) is 18.2 Å². The molecule has 0 saturated carbocycles. The van der Waals surface area contributed by atoms with Crippen LogP contribution in [0.4, 0.5) is 5.82 Å². The summed E-state index contributed by atoms with van der Waals surface area (Å²) in [5, 5.41) is 2.69. The summed E-state index contributed by atoms with van der Waals surface area (Å²) in [4.78, 5) is 15.3. The maximum Gasteiger partial charge on any atom is 0.228 e. The van der Waals surface area contributed by atoms with E-state index in [1.807, 2.05) is 13.8 Å². The van der Waals surface area contributed by atoms with E-state index >= 15 is 0 Å². The van der Waals surface area contributed by atoms with Crippen LogP contribution in [0.2, 0.25) is 0 Å². The molecule has 1 amide bonds. The van der Waals surface area contributed by atoms with E-state index in [4.69, 9.17) is 4.74 Å². The van der Waals surface area contributed by atoms with Gasteiger partial charge in [0.1, 0.15) is 11.6 Å². The summed E-state index contributed by atoms with van der Waals surface area (Å²) in [6.45, 7) is 3.66. The molecule has 0 aliphatic carbocycles. The molecule has 0 bridgehead atoms. The van der Waals surface area contributed by atoms with Crippen molar-refractivity contribution in [1.82, 2.24) is 4.98 Å². The second-order valence-electron chi connectivity index (χ2n) is 3.22. The first-order valence-corrected chi connectivity index (χ1v) is 4.44. The molecule has 0 aromatic carbocycles. The Morgan fingerprint density at radius 2 is 2.29 bits per heavy atom. The highest BCUT2D eigenvalue weighted by molar-refractivity contribution is 5.91. The maximum absolute atomic E-state index is 11.3. The van der Waals surface area contributed by atoms with Crippen molar-refractivity contribution < 1.29 is 9.53 Å². The number of ether oxygens (including phenoxy) is 1. The van der Waals surface area contributed by atoms with Crippen LogP contribution in [0.5, 0.6) is 5.75 Å². The van der Waals surface area contributed by atoms with Gasteiger partial charge in [-0.2, -0.15) is 0 Å². The molecule has 0 aliphatic rings. The number of nitrogens with zero attached hydrogens (tertiary/aromatic N) is 1. The summed E-state index contributed by atoms with van der Waals surface area (Å²) in [6.07, 6.45) is 1.59. The Hall–Kier alpha value is -1.58. The fourth-order valence-electron chi connectivity index (χ4n) is 0.877. The number of anilines is 1. The minimum Gasteiger partial charge on any atom is -0.497 e. The average Bonchev–Trinajstić information content (AvgIpc) is 2.18. The summed E-state index contributed by atoms with van der Waals surface area (Å²) in [5.74, 6) is 1.09. The van der Waals surface area contributed by atoms with Gasteiger partial charge in [-0.15, -0.1) is 0 Å². The number of carbonyl (C=O) groups excluding carboxylic acids is 1. The van der Waals surface area contributed by atoms with Crippen molar-refractivity contribution in [2.45, 2.75) is 13.8 Å². The number of pyridine rings is 1. The Balaban J connectivity index is 2.72.